The third kappa shape index (κ3) is 1.96. The minimum Gasteiger partial charge on any atom is -0.483 e. The van der Waals surface area contributed by atoms with Gasteiger partial charge in [0, 0.05) is 11.6 Å². The van der Waals surface area contributed by atoms with Gasteiger partial charge in [-0.25, -0.2) is 0 Å². The molecule has 1 aromatic carbocycles. The van der Waals surface area contributed by atoms with Crippen molar-refractivity contribution in [1.82, 2.24) is 4.98 Å². The van der Waals surface area contributed by atoms with Crippen LogP contribution in [0.25, 0.3) is 10.9 Å². The Kier molecular flexibility index (Phi) is 2.63. The number of aromatic nitrogens is 1. The van der Waals surface area contributed by atoms with Gasteiger partial charge in [0.15, 0.2) is 12.4 Å². The van der Waals surface area contributed by atoms with Crippen LogP contribution in [0.5, 0.6) is 5.75 Å². The van der Waals surface area contributed by atoms with Crippen LogP contribution >= 0.6 is 0 Å². The Morgan fingerprint density at radius 1 is 1.33 bits per heavy atom. The van der Waals surface area contributed by atoms with Gasteiger partial charge in [-0.1, -0.05) is 6.07 Å². The molecule has 1 unspecified atom stereocenters. The monoisotopic (exact) mass is 201 g/mol. The molecule has 0 amide bonds. The fourth-order valence-corrected chi connectivity index (χ4v) is 1.41. The average molecular weight is 201 g/mol. The second kappa shape index (κ2) is 4.09. The minimum atomic E-state index is -0.434. The van der Waals surface area contributed by atoms with E-state index >= 15 is 0 Å². The summed E-state index contributed by atoms with van der Waals surface area (Å²) in [5.74, 6) is 0.695. The maximum absolute atomic E-state index is 10.5. The van der Waals surface area contributed by atoms with Crippen molar-refractivity contribution in [3.8, 4) is 5.75 Å². The Bertz CT molecular complexity index is 477. The van der Waals surface area contributed by atoms with Gasteiger partial charge in [-0.05, 0) is 31.2 Å². The topological polar surface area (TPSA) is 39.2 Å². The first-order valence-corrected chi connectivity index (χ1v) is 4.77. The fraction of sp³-hybridized carbons (Fsp3) is 0.167. The highest BCUT2D eigenvalue weighted by Gasteiger charge is 2.05. The average Bonchev–Trinajstić information content (AvgIpc) is 2.29. The third-order valence-electron chi connectivity index (χ3n) is 2.11. The molecule has 0 radical (unpaired) electrons. The minimum absolute atomic E-state index is 0.434. The number of hydrogen-bond acceptors (Lipinski definition) is 3. The molecule has 0 aliphatic rings. The molecular weight excluding hydrogens is 190 g/mol. The maximum atomic E-state index is 10.5. The van der Waals surface area contributed by atoms with E-state index in [1.54, 1.807) is 13.1 Å². The first kappa shape index (κ1) is 9.65. The van der Waals surface area contributed by atoms with Gasteiger partial charge in [0.25, 0.3) is 0 Å². The molecule has 15 heavy (non-hydrogen) atoms. The predicted molar refractivity (Wildman–Crippen MR) is 57.9 cm³/mol. The van der Waals surface area contributed by atoms with Gasteiger partial charge in [-0.3, -0.25) is 9.78 Å². The van der Waals surface area contributed by atoms with Crippen LogP contribution in [0.3, 0.4) is 0 Å². The molecule has 0 aliphatic carbocycles. The smallest absolute Gasteiger partial charge is 0.160 e. The third-order valence-corrected chi connectivity index (χ3v) is 2.11. The van der Waals surface area contributed by atoms with Crippen LogP contribution in [0.15, 0.2) is 36.5 Å². The highest BCUT2D eigenvalue weighted by molar-refractivity contribution is 5.85. The lowest BCUT2D eigenvalue weighted by molar-refractivity contribution is -0.113. The zero-order valence-electron chi connectivity index (χ0n) is 8.38. The van der Waals surface area contributed by atoms with E-state index in [1.807, 2.05) is 30.3 Å². The van der Waals surface area contributed by atoms with Gasteiger partial charge in [0.2, 0.25) is 0 Å². The van der Waals surface area contributed by atoms with Crippen molar-refractivity contribution < 1.29 is 9.53 Å². The van der Waals surface area contributed by atoms with E-state index in [2.05, 4.69) is 4.98 Å². The van der Waals surface area contributed by atoms with Gasteiger partial charge in [0.05, 0.1) is 5.52 Å². The van der Waals surface area contributed by atoms with Crippen LogP contribution in [-0.2, 0) is 4.79 Å². The fourth-order valence-electron chi connectivity index (χ4n) is 1.41. The van der Waals surface area contributed by atoms with Gasteiger partial charge < -0.3 is 4.74 Å². The molecule has 2 rings (SSSR count). The summed E-state index contributed by atoms with van der Waals surface area (Å²) >= 11 is 0. The van der Waals surface area contributed by atoms with Crippen LogP contribution < -0.4 is 4.74 Å². The molecular formula is C12H11NO2. The van der Waals surface area contributed by atoms with Crippen molar-refractivity contribution in [2.75, 3.05) is 0 Å². The summed E-state index contributed by atoms with van der Waals surface area (Å²) in [7, 11) is 0. The molecule has 0 fully saturated rings. The lowest BCUT2D eigenvalue weighted by Crippen LogP contribution is -2.12. The molecule has 0 saturated carbocycles. The number of aldehydes is 1. The van der Waals surface area contributed by atoms with Gasteiger partial charge in [-0.2, -0.15) is 0 Å². The highest BCUT2D eigenvalue weighted by Crippen LogP contribution is 2.24. The van der Waals surface area contributed by atoms with E-state index in [1.165, 1.54) is 0 Å². The standard InChI is InChI=1S/C12H11NO2/c1-9(8-14)15-12-6-2-5-11-10(12)4-3-7-13-11/h2-9H,1H3. The number of pyridine rings is 1. The number of carbonyl (C=O) groups is 1. The summed E-state index contributed by atoms with van der Waals surface area (Å²) in [6, 6.07) is 9.38. The summed E-state index contributed by atoms with van der Waals surface area (Å²) in [5, 5.41) is 0.925. The van der Waals surface area contributed by atoms with Crippen molar-refractivity contribution >= 4 is 17.2 Å². The molecule has 0 N–H and O–H groups in total. The van der Waals surface area contributed by atoms with Crippen molar-refractivity contribution in [1.29, 1.82) is 0 Å². The summed E-state index contributed by atoms with van der Waals surface area (Å²) in [6.45, 7) is 1.71. The number of hydrogen-bond donors (Lipinski definition) is 0. The van der Waals surface area contributed by atoms with E-state index in [-0.39, 0.29) is 0 Å². The molecule has 1 atom stereocenters. The molecule has 3 nitrogen and oxygen atoms in total. The van der Waals surface area contributed by atoms with Crippen molar-refractivity contribution in [3.05, 3.63) is 36.5 Å². The Hall–Kier alpha value is -1.90. The second-order valence-corrected chi connectivity index (χ2v) is 3.29. The molecule has 0 bridgehead atoms. The van der Waals surface area contributed by atoms with E-state index in [9.17, 15) is 4.79 Å². The van der Waals surface area contributed by atoms with E-state index < -0.39 is 6.10 Å². The van der Waals surface area contributed by atoms with Gasteiger partial charge in [0.1, 0.15) is 5.75 Å². The summed E-state index contributed by atoms with van der Waals surface area (Å²) in [6.07, 6.45) is 2.07. The van der Waals surface area contributed by atoms with Crippen LogP contribution in [0.4, 0.5) is 0 Å². The zero-order chi connectivity index (χ0) is 10.7. The number of ether oxygens (including phenoxy) is 1. The molecule has 1 aromatic heterocycles. The van der Waals surface area contributed by atoms with Crippen molar-refractivity contribution in [2.24, 2.45) is 0 Å². The Morgan fingerprint density at radius 3 is 3.00 bits per heavy atom. The van der Waals surface area contributed by atoms with Crippen molar-refractivity contribution in [3.63, 3.8) is 0 Å². The Labute approximate surface area is 87.7 Å². The summed E-state index contributed by atoms with van der Waals surface area (Å²) < 4.78 is 5.47. The Morgan fingerprint density at radius 2 is 2.20 bits per heavy atom. The lowest BCUT2D eigenvalue weighted by Gasteiger charge is -2.10. The first-order valence-electron chi connectivity index (χ1n) is 4.77. The summed E-state index contributed by atoms with van der Waals surface area (Å²) in [4.78, 5) is 14.7. The van der Waals surface area contributed by atoms with E-state index in [0.717, 1.165) is 17.2 Å². The molecule has 0 saturated heterocycles. The number of rotatable bonds is 3. The largest absolute Gasteiger partial charge is 0.483 e. The van der Waals surface area contributed by atoms with Crippen molar-refractivity contribution in [2.45, 2.75) is 13.0 Å². The normalized spacial score (nSPS) is 12.3. The zero-order valence-corrected chi connectivity index (χ0v) is 8.38. The van der Waals surface area contributed by atoms with Crippen LogP contribution in [-0.4, -0.2) is 17.4 Å². The highest BCUT2D eigenvalue weighted by atomic mass is 16.5. The predicted octanol–water partition coefficient (Wildman–Crippen LogP) is 2.20. The molecule has 0 aliphatic heterocycles. The SMILES string of the molecule is CC(C=O)Oc1cccc2ncccc12. The van der Waals surface area contributed by atoms with E-state index in [4.69, 9.17) is 4.74 Å². The maximum Gasteiger partial charge on any atom is 0.160 e. The summed E-state index contributed by atoms with van der Waals surface area (Å²) in [5.41, 5.74) is 0.869. The first-order chi connectivity index (χ1) is 7.31. The van der Waals surface area contributed by atoms with Crippen LogP contribution in [0, 0.1) is 0 Å². The second-order valence-electron chi connectivity index (χ2n) is 3.29. The quantitative estimate of drug-likeness (QED) is 0.714. The van der Waals surface area contributed by atoms with Gasteiger partial charge >= 0.3 is 0 Å². The van der Waals surface area contributed by atoms with Crippen LogP contribution in [0.2, 0.25) is 0 Å². The molecule has 76 valence electrons. The number of nitrogens with zero attached hydrogens (tertiary/aromatic N) is 1. The molecule has 3 heteroatoms. The van der Waals surface area contributed by atoms with Gasteiger partial charge in [-0.15, -0.1) is 0 Å². The molecule has 2 aromatic rings. The number of fused-ring (bicyclic) bond motifs is 1. The number of carbonyl (C=O) groups excluding carboxylic acids is 1. The molecule has 0 spiro atoms. The lowest BCUT2D eigenvalue weighted by atomic mass is 10.2. The number of benzene rings is 1. The molecule has 1 heterocycles. The Balaban J connectivity index is 2.46. The van der Waals surface area contributed by atoms with E-state index in [0.29, 0.717) is 5.75 Å². The van der Waals surface area contributed by atoms with Crippen LogP contribution in [0.1, 0.15) is 6.92 Å².